The van der Waals surface area contributed by atoms with Crippen LogP contribution in [0.4, 0.5) is 13.2 Å². The van der Waals surface area contributed by atoms with Crippen molar-refractivity contribution in [1.82, 2.24) is 4.57 Å². The molecule has 3 aliphatic carbocycles. The third kappa shape index (κ3) is 1.70. The van der Waals surface area contributed by atoms with Crippen molar-refractivity contribution >= 4 is 5.78 Å². The van der Waals surface area contributed by atoms with E-state index in [-0.39, 0.29) is 23.7 Å². The number of carbonyl (C=O) groups is 1. The molecule has 0 spiro atoms. The lowest BCUT2D eigenvalue weighted by Crippen LogP contribution is -2.28. The molecule has 23 heavy (non-hydrogen) atoms. The Kier molecular flexibility index (Phi) is 2.79. The van der Waals surface area contributed by atoms with Crippen LogP contribution in [0, 0.1) is 17.5 Å². The molecule has 3 aliphatic rings. The van der Waals surface area contributed by atoms with Crippen molar-refractivity contribution in [2.24, 2.45) is 0 Å². The van der Waals surface area contributed by atoms with Gasteiger partial charge in [0.15, 0.2) is 17.5 Å². The molecular formula is C16H12F3NO3. The first-order valence-corrected chi connectivity index (χ1v) is 7.24. The number of hydrogen-bond acceptors (Lipinski definition) is 3. The number of aromatic hydroxyl groups is 2. The molecule has 0 unspecified atom stereocenters. The van der Waals surface area contributed by atoms with Crippen LogP contribution < -0.4 is 0 Å². The van der Waals surface area contributed by atoms with Gasteiger partial charge in [-0.3, -0.25) is 4.79 Å². The molecule has 0 radical (unpaired) electrons. The Morgan fingerprint density at radius 3 is 2.39 bits per heavy atom. The van der Waals surface area contributed by atoms with E-state index in [0.717, 1.165) is 10.6 Å². The number of benzene rings is 1. The van der Waals surface area contributed by atoms with Gasteiger partial charge in [0, 0.05) is 23.5 Å². The monoisotopic (exact) mass is 323 g/mol. The van der Waals surface area contributed by atoms with Crippen molar-refractivity contribution in [2.45, 2.75) is 31.1 Å². The molecule has 1 saturated carbocycles. The summed E-state index contributed by atoms with van der Waals surface area (Å²) in [6.45, 7) is 0. The highest BCUT2D eigenvalue weighted by Gasteiger charge is 2.45. The quantitative estimate of drug-likeness (QED) is 0.792. The SMILES string of the molecule is O=C1C[C@@H]2CC[C@H]1c1c2c(O)n(-c2ccc(F)c(F)c2F)c1O. The van der Waals surface area contributed by atoms with Crippen LogP contribution in [0.2, 0.25) is 0 Å². The molecule has 2 aromatic rings. The van der Waals surface area contributed by atoms with Gasteiger partial charge in [-0.25, -0.2) is 17.7 Å². The summed E-state index contributed by atoms with van der Waals surface area (Å²) in [5.74, 6) is -6.31. The average Bonchev–Trinajstić information content (AvgIpc) is 2.80. The number of aromatic nitrogens is 1. The fourth-order valence-electron chi connectivity index (χ4n) is 3.81. The second kappa shape index (κ2) is 4.53. The zero-order valence-corrected chi connectivity index (χ0v) is 11.8. The second-order valence-electron chi connectivity index (χ2n) is 6.00. The summed E-state index contributed by atoms with van der Waals surface area (Å²) >= 11 is 0. The second-order valence-corrected chi connectivity index (χ2v) is 6.00. The Balaban J connectivity index is 2.00. The number of ketones is 1. The van der Waals surface area contributed by atoms with E-state index in [1.165, 1.54) is 0 Å². The normalized spacial score (nSPS) is 22.5. The Morgan fingerprint density at radius 2 is 1.70 bits per heavy atom. The van der Waals surface area contributed by atoms with Gasteiger partial charge in [-0.2, -0.15) is 0 Å². The molecule has 1 fully saturated rings. The van der Waals surface area contributed by atoms with Crippen LogP contribution in [0.3, 0.4) is 0 Å². The van der Waals surface area contributed by atoms with E-state index in [9.17, 15) is 28.2 Å². The van der Waals surface area contributed by atoms with E-state index >= 15 is 0 Å². The van der Waals surface area contributed by atoms with Gasteiger partial charge < -0.3 is 10.2 Å². The number of halogens is 3. The van der Waals surface area contributed by atoms with Crippen molar-refractivity contribution in [3.8, 4) is 17.4 Å². The van der Waals surface area contributed by atoms with Gasteiger partial charge in [0.1, 0.15) is 5.78 Å². The number of fused-ring (bicyclic) bond motifs is 2. The largest absolute Gasteiger partial charge is 0.494 e. The first-order valence-electron chi connectivity index (χ1n) is 7.24. The number of carbonyl (C=O) groups excluding carboxylic acids is 1. The van der Waals surface area contributed by atoms with E-state index in [1.54, 1.807) is 0 Å². The van der Waals surface area contributed by atoms with Crippen molar-refractivity contribution in [2.75, 3.05) is 0 Å². The maximum atomic E-state index is 14.0. The summed E-state index contributed by atoms with van der Waals surface area (Å²) in [6, 6.07) is 1.65. The molecule has 4 nitrogen and oxygen atoms in total. The Bertz CT molecular complexity index is 859. The van der Waals surface area contributed by atoms with E-state index in [2.05, 4.69) is 0 Å². The number of Topliss-reactive ketones (excluding diaryl/α,β-unsaturated/α-hetero) is 1. The first kappa shape index (κ1) is 14.2. The highest BCUT2D eigenvalue weighted by atomic mass is 19.2. The van der Waals surface area contributed by atoms with E-state index < -0.39 is 40.8 Å². The predicted octanol–water partition coefficient (Wildman–Crippen LogP) is 3.24. The maximum absolute atomic E-state index is 14.0. The summed E-state index contributed by atoms with van der Waals surface area (Å²) in [4.78, 5) is 12.0. The van der Waals surface area contributed by atoms with E-state index in [1.807, 2.05) is 0 Å². The minimum Gasteiger partial charge on any atom is -0.494 e. The minimum atomic E-state index is -1.69. The first-order chi connectivity index (χ1) is 10.9. The fourth-order valence-corrected chi connectivity index (χ4v) is 3.81. The van der Waals surface area contributed by atoms with Gasteiger partial charge in [0.2, 0.25) is 11.8 Å². The van der Waals surface area contributed by atoms with Gasteiger partial charge in [0.25, 0.3) is 0 Å². The van der Waals surface area contributed by atoms with Crippen LogP contribution in [0.1, 0.15) is 42.2 Å². The predicted molar refractivity (Wildman–Crippen MR) is 73.3 cm³/mol. The van der Waals surface area contributed by atoms with Crippen LogP contribution in [0.5, 0.6) is 11.8 Å². The van der Waals surface area contributed by atoms with E-state index in [4.69, 9.17) is 0 Å². The summed E-state index contributed by atoms with van der Waals surface area (Å²) in [7, 11) is 0. The molecule has 120 valence electrons. The van der Waals surface area contributed by atoms with Crippen LogP contribution in [0.15, 0.2) is 12.1 Å². The van der Waals surface area contributed by atoms with Crippen LogP contribution in [-0.2, 0) is 4.79 Å². The Morgan fingerprint density at radius 1 is 1.00 bits per heavy atom. The highest BCUT2D eigenvalue weighted by Crippen LogP contribution is 2.56. The van der Waals surface area contributed by atoms with E-state index in [0.29, 0.717) is 24.5 Å². The van der Waals surface area contributed by atoms with Gasteiger partial charge >= 0.3 is 0 Å². The van der Waals surface area contributed by atoms with Crippen LogP contribution in [-0.4, -0.2) is 20.6 Å². The van der Waals surface area contributed by atoms with Crippen LogP contribution >= 0.6 is 0 Å². The number of nitrogens with zero attached hydrogens (tertiary/aromatic N) is 1. The molecule has 2 bridgehead atoms. The third-order valence-electron chi connectivity index (χ3n) is 4.85. The topological polar surface area (TPSA) is 62.5 Å². The van der Waals surface area contributed by atoms with Gasteiger partial charge in [-0.1, -0.05) is 0 Å². The lowest BCUT2D eigenvalue weighted by Gasteiger charge is -2.34. The standard InChI is InChI=1S/C16H12F3NO3/c17-8-3-4-9(14(19)13(8)18)20-15(22)11-6-1-2-7(10(21)5-6)12(11)16(20)23/h3-4,6-7,22-23H,1-2,5H2/t6-,7+/m0/s1. The summed E-state index contributed by atoms with van der Waals surface area (Å²) < 4.78 is 41.3. The molecule has 0 amide bonds. The van der Waals surface area contributed by atoms with Gasteiger partial charge in [-0.15, -0.1) is 0 Å². The van der Waals surface area contributed by atoms with Crippen LogP contribution in [0.25, 0.3) is 5.69 Å². The maximum Gasteiger partial charge on any atom is 0.203 e. The third-order valence-corrected chi connectivity index (χ3v) is 4.85. The van der Waals surface area contributed by atoms with Crippen molar-refractivity contribution in [3.05, 3.63) is 40.7 Å². The molecule has 1 heterocycles. The lowest BCUT2D eigenvalue weighted by atomic mass is 9.67. The number of rotatable bonds is 1. The summed E-state index contributed by atoms with van der Waals surface area (Å²) in [6.07, 6.45) is 1.49. The highest BCUT2D eigenvalue weighted by molar-refractivity contribution is 5.91. The summed E-state index contributed by atoms with van der Waals surface area (Å²) in [5.41, 5.74) is 0.182. The summed E-state index contributed by atoms with van der Waals surface area (Å²) in [5, 5.41) is 20.8. The molecule has 0 aliphatic heterocycles. The molecule has 1 aromatic heterocycles. The molecule has 0 saturated heterocycles. The zero-order chi connectivity index (χ0) is 16.5. The van der Waals surface area contributed by atoms with Gasteiger partial charge in [0.05, 0.1) is 5.69 Å². The molecular weight excluding hydrogens is 311 g/mol. The number of hydrogen-bond donors (Lipinski definition) is 2. The average molecular weight is 323 g/mol. The zero-order valence-electron chi connectivity index (χ0n) is 11.8. The Hall–Kier alpha value is -2.44. The van der Waals surface area contributed by atoms with Crippen molar-refractivity contribution in [1.29, 1.82) is 0 Å². The van der Waals surface area contributed by atoms with Gasteiger partial charge in [-0.05, 0) is 30.9 Å². The Labute approximate surface area is 128 Å². The molecule has 2 atom stereocenters. The molecule has 2 N–H and O–H groups in total. The lowest BCUT2D eigenvalue weighted by molar-refractivity contribution is -0.123. The molecule has 7 heteroatoms. The fraction of sp³-hybridized carbons (Fsp3) is 0.312. The van der Waals surface area contributed by atoms with Crippen molar-refractivity contribution in [3.63, 3.8) is 0 Å². The molecule has 1 aromatic carbocycles. The smallest absolute Gasteiger partial charge is 0.203 e. The minimum absolute atomic E-state index is 0.0352. The molecule has 5 rings (SSSR count). The van der Waals surface area contributed by atoms with Crippen molar-refractivity contribution < 1.29 is 28.2 Å².